The van der Waals surface area contributed by atoms with Crippen LogP contribution in [-0.4, -0.2) is 17.6 Å². The first-order valence-corrected chi connectivity index (χ1v) is 8.44. The fourth-order valence-electron chi connectivity index (χ4n) is 2.75. The molecule has 3 N–H and O–H groups in total. The van der Waals surface area contributed by atoms with Gasteiger partial charge in [-0.15, -0.1) is 0 Å². The highest BCUT2D eigenvalue weighted by Crippen LogP contribution is 2.32. The minimum Gasteiger partial charge on any atom is -0.492 e. The molecule has 0 aliphatic heterocycles. The molecule has 6 nitrogen and oxygen atoms in total. The number of ether oxygens (including phenoxy) is 2. The number of alkyl halides is 3. The highest BCUT2D eigenvalue weighted by atomic mass is 19.4. The van der Waals surface area contributed by atoms with Crippen LogP contribution in [0.3, 0.4) is 0 Å². The Morgan fingerprint density at radius 3 is 2.10 bits per heavy atom. The van der Waals surface area contributed by atoms with Gasteiger partial charge in [-0.05, 0) is 48.5 Å². The molecule has 29 heavy (non-hydrogen) atoms. The van der Waals surface area contributed by atoms with E-state index in [1.165, 1.54) is 19.2 Å². The van der Waals surface area contributed by atoms with Crippen LogP contribution in [0, 0.1) is 0 Å². The molecule has 2 aromatic carbocycles. The number of amides is 1. The zero-order valence-corrected chi connectivity index (χ0v) is 15.6. The van der Waals surface area contributed by atoms with E-state index in [4.69, 9.17) is 15.2 Å². The van der Waals surface area contributed by atoms with Crippen LogP contribution in [0.5, 0.6) is 17.2 Å². The van der Waals surface area contributed by atoms with Crippen molar-refractivity contribution < 1.29 is 27.4 Å². The van der Waals surface area contributed by atoms with Gasteiger partial charge < -0.3 is 25.1 Å². The van der Waals surface area contributed by atoms with Gasteiger partial charge in [0.25, 0.3) is 5.91 Å². The summed E-state index contributed by atoms with van der Waals surface area (Å²) >= 11 is 0. The number of anilines is 2. The van der Waals surface area contributed by atoms with E-state index in [0.29, 0.717) is 17.1 Å². The zero-order valence-electron chi connectivity index (χ0n) is 15.6. The van der Waals surface area contributed by atoms with Gasteiger partial charge >= 0.3 is 6.18 Å². The van der Waals surface area contributed by atoms with Gasteiger partial charge in [0.1, 0.15) is 11.5 Å². The Kier molecular flexibility index (Phi) is 5.40. The molecule has 0 bridgehead atoms. The van der Waals surface area contributed by atoms with Gasteiger partial charge in [0.15, 0.2) is 11.4 Å². The zero-order chi connectivity index (χ0) is 21.2. The van der Waals surface area contributed by atoms with Crippen molar-refractivity contribution in [2.24, 2.45) is 7.05 Å². The van der Waals surface area contributed by atoms with Gasteiger partial charge in [-0.25, -0.2) is 0 Å². The quantitative estimate of drug-likeness (QED) is 0.646. The second-order valence-corrected chi connectivity index (χ2v) is 6.18. The van der Waals surface area contributed by atoms with Gasteiger partial charge in [-0.1, -0.05) is 0 Å². The number of carbonyl (C=O) groups excluding carboxylic acids is 1. The van der Waals surface area contributed by atoms with Crippen LogP contribution >= 0.6 is 0 Å². The number of nitrogens with zero attached hydrogens (tertiary/aromatic N) is 1. The Morgan fingerprint density at radius 1 is 1.03 bits per heavy atom. The lowest BCUT2D eigenvalue weighted by molar-refractivity contribution is -0.137. The minimum atomic E-state index is -4.40. The first-order chi connectivity index (χ1) is 13.7. The molecule has 0 atom stereocenters. The molecule has 1 heterocycles. The van der Waals surface area contributed by atoms with E-state index < -0.39 is 17.6 Å². The lowest BCUT2D eigenvalue weighted by atomic mass is 10.2. The predicted molar refractivity (Wildman–Crippen MR) is 102 cm³/mol. The smallest absolute Gasteiger partial charge is 0.416 e. The molecule has 0 saturated carbocycles. The summed E-state index contributed by atoms with van der Waals surface area (Å²) in [6.45, 7) is 0. The van der Waals surface area contributed by atoms with Gasteiger partial charge in [0, 0.05) is 18.9 Å². The number of nitrogens with two attached hydrogens (primary N) is 1. The Morgan fingerprint density at radius 2 is 1.59 bits per heavy atom. The number of hydrogen-bond donors (Lipinski definition) is 2. The van der Waals surface area contributed by atoms with Crippen LogP contribution in [-0.2, 0) is 13.2 Å². The molecular formula is C20H18F3N3O3. The number of benzene rings is 2. The first-order valence-electron chi connectivity index (χ1n) is 8.44. The number of nitrogens with one attached hydrogen (secondary N) is 1. The SMILES string of the molecule is COc1c(N)cn(C)c1C(=O)Nc1ccc(Oc2ccc(C(F)(F)F)cc2)cc1. The van der Waals surface area contributed by atoms with Crippen LogP contribution in [0.2, 0.25) is 0 Å². The first kappa shape index (κ1) is 20.1. The molecule has 0 aliphatic carbocycles. The van der Waals surface area contributed by atoms with Crippen molar-refractivity contribution in [1.82, 2.24) is 4.57 Å². The molecule has 0 spiro atoms. The van der Waals surface area contributed by atoms with Gasteiger partial charge in [-0.2, -0.15) is 13.2 Å². The third kappa shape index (κ3) is 4.45. The largest absolute Gasteiger partial charge is 0.492 e. The summed E-state index contributed by atoms with van der Waals surface area (Å²) in [6.07, 6.45) is -2.82. The standard InChI is InChI=1S/C20H18F3N3O3/c1-26-11-16(24)18(28-2)17(26)19(27)25-13-5-9-15(10-6-13)29-14-7-3-12(4-8-14)20(21,22)23/h3-11H,24H2,1-2H3,(H,25,27). The average molecular weight is 405 g/mol. The summed E-state index contributed by atoms with van der Waals surface area (Å²) in [6, 6.07) is 10.8. The van der Waals surface area contributed by atoms with Gasteiger partial charge in [0.2, 0.25) is 0 Å². The molecule has 9 heteroatoms. The number of rotatable bonds is 5. The second kappa shape index (κ2) is 7.78. The highest BCUT2D eigenvalue weighted by molar-refractivity contribution is 6.06. The van der Waals surface area contributed by atoms with Gasteiger partial charge in [-0.3, -0.25) is 4.79 Å². The second-order valence-electron chi connectivity index (χ2n) is 6.18. The van der Waals surface area contributed by atoms with Crippen molar-refractivity contribution in [2.45, 2.75) is 6.18 Å². The fraction of sp³-hybridized carbons (Fsp3) is 0.150. The van der Waals surface area contributed by atoms with Gasteiger partial charge in [0.05, 0.1) is 18.4 Å². The summed E-state index contributed by atoms with van der Waals surface area (Å²) in [5.74, 6) is 0.548. The summed E-state index contributed by atoms with van der Waals surface area (Å²) in [5, 5.41) is 2.73. The molecule has 0 aliphatic rings. The van der Waals surface area contributed by atoms with E-state index in [0.717, 1.165) is 12.1 Å². The van der Waals surface area contributed by atoms with Crippen molar-refractivity contribution in [3.63, 3.8) is 0 Å². The molecule has 152 valence electrons. The number of aryl methyl sites for hydroxylation is 1. The predicted octanol–water partition coefficient (Wildman–Crippen LogP) is 4.68. The average Bonchev–Trinajstić information content (AvgIpc) is 2.96. The lowest BCUT2D eigenvalue weighted by Gasteiger charge is -2.11. The van der Waals surface area contributed by atoms with E-state index in [1.807, 2.05) is 0 Å². The third-order valence-corrected chi connectivity index (χ3v) is 4.11. The highest BCUT2D eigenvalue weighted by Gasteiger charge is 2.30. The maximum absolute atomic E-state index is 12.6. The number of halogens is 3. The summed E-state index contributed by atoms with van der Waals surface area (Å²) < 4.78 is 50.1. The van der Waals surface area contributed by atoms with Crippen molar-refractivity contribution in [2.75, 3.05) is 18.2 Å². The van der Waals surface area contributed by atoms with Crippen LogP contribution < -0.4 is 20.5 Å². The Balaban J connectivity index is 1.68. The number of hydrogen-bond acceptors (Lipinski definition) is 4. The van der Waals surface area contributed by atoms with E-state index in [2.05, 4.69) is 5.32 Å². The molecule has 0 unspecified atom stereocenters. The molecule has 3 rings (SSSR count). The third-order valence-electron chi connectivity index (χ3n) is 4.11. The lowest BCUT2D eigenvalue weighted by Crippen LogP contribution is -2.16. The topological polar surface area (TPSA) is 78.5 Å². The molecule has 3 aromatic rings. The molecule has 1 aromatic heterocycles. The van der Waals surface area contributed by atoms with E-state index >= 15 is 0 Å². The minimum absolute atomic E-state index is 0.263. The van der Waals surface area contributed by atoms with E-state index in [9.17, 15) is 18.0 Å². The summed E-state index contributed by atoms with van der Waals surface area (Å²) in [4.78, 5) is 12.5. The fourth-order valence-corrected chi connectivity index (χ4v) is 2.75. The number of nitrogen functional groups attached to an aromatic ring is 1. The number of methoxy groups -OCH3 is 1. The van der Waals surface area contributed by atoms with Crippen molar-refractivity contribution in [3.05, 3.63) is 66.0 Å². The summed E-state index contributed by atoms with van der Waals surface area (Å²) in [5.41, 5.74) is 6.17. The van der Waals surface area contributed by atoms with Crippen LogP contribution in [0.15, 0.2) is 54.7 Å². The van der Waals surface area contributed by atoms with Crippen LogP contribution in [0.1, 0.15) is 16.1 Å². The maximum atomic E-state index is 12.6. The number of aromatic nitrogens is 1. The van der Waals surface area contributed by atoms with Crippen molar-refractivity contribution >= 4 is 17.3 Å². The molecule has 0 saturated heterocycles. The Bertz CT molecular complexity index is 1010. The number of carbonyl (C=O) groups is 1. The molecule has 0 radical (unpaired) electrons. The Labute approximate surface area is 164 Å². The molecular weight excluding hydrogens is 387 g/mol. The maximum Gasteiger partial charge on any atom is 0.416 e. The summed E-state index contributed by atoms with van der Waals surface area (Å²) in [7, 11) is 3.10. The Hall–Kier alpha value is -3.62. The van der Waals surface area contributed by atoms with Crippen LogP contribution in [0.25, 0.3) is 0 Å². The molecule has 0 fully saturated rings. The van der Waals surface area contributed by atoms with E-state index in [-0.39, 0.29) is 17.2 Å². The van der Waals surface area contributed by atoms with Crippen molar-refractivity contribution in [1.29, 1.82) is 0 Å². The van der Waals surface area contributed by atoms with Crippen molar-refractivity contribution in [3.8, 4) is 17.2 Å². The normalized spacial score (nSPS) is 11.2. The monoisotopic (exact) mass is 405 g/mol. The molecule has 1 amide bonds. The van der Waals surface area contributed by atoms with E-state index in [1.54, 1.807) is 42.1 Å². The van der Waals surface area contributed by atoms with Crippen LogP contribution in [0.4, 0.5) is 24.5 Å².